The highest BCUT2D eigenvalue weighted by molar-refractivity contribution is 7.23. The van der Waals surface area contributed by atoms with Gasteiger partial charge in [-0.05, 0) is 89.0 Å². The van der Waals surface area contributed by atoms with E-state index in [1.54, 1.807) is 0 Å². The summed E-state index contributed by atoms with van der Waals surface area (Å²) in [7, 11) is 0. The largest absolute Gasteiger partial charge is 0.309 e. The molecule has 0 radical (unpaired) electrons. The standard InChI is InChI=1S/C75H46N8S/c1-5-20-47(21-6-1)68-60-45-52(37-41-67(60)84-71(68)48-22-7-2-8-23-48)61-42-43-76-74(77-61)83-63-34-17-14-31-56(63)58-39-40-65-69(70(58)83)59-32-15-18-35-64(59)82(65)75-79-72(49-24-9-3-10-25-49)78-73(80-75)53-27-19-26-50(44-53)51-36-38-57-55-30-13-16-33-62(55)81(66(57)46-51)54-28-11-4-12-29-54/h1-46H. The quantitative estimate of drug-likeness (QED) is 0.144. The Balaban J connectivity index is 0.839. The highest BCUT2D eigenvalue weighted by atomic mass is 32.1. The molecule has 0 unspecified atom stereocenters. The van der Waals surface area contributed by atoms with Gasteiger partial charge in [0.05, 0.1) is 38.8 Å². The summed E-state index contributed by atoms with van der Waals surface area (Å²) in [6.07, 6.45) is 1.89. The van der Waals surface area contributed by atoms with Crippen molar-refractivity contribution in [3.8, 4) is 84.3 Å². The number of para-hydroxylation sites is 4. The van der Waals surface area contributed by atoms with Crippen LogP contribution in [0.2, 0.25) is 0 Å². The van der Waals surface area contributed by atoms with Crippen molar-refractivity contribution in [3.05, 3.63) is 279 Å². The van der Waals surface area contributed by atoms with Crippen molar-refractivity contribution in [1.82, 2.24) is 38.6 Å². The fourth-order valence-corrected chi connectivity index (χ4v) is 13.9. The normalized spacial score (nSPS) is 11.8. The van der Waals surface area contributed by atoms with Crippen LogP contribution in [0.25, 0.3) is 160 Å². The van der Waals surface area contributed by atoms with Crippen LogP contribution >= 0.6 is 11.3 Å². The Morgan fingerprint density at radius 1 is 0.298 bits per heavy atom. The third kappa shape index (κ3) is 7.64. The van der Waals surface area contributed by atoms with Crippen LogP contribution in [0.1, 0.15) is 0 Å². The molecule has 0 bridgehead atoms. The Morgan fingerprint density at radius 2 is 0.857 bits per heavy atom. The van der Waals surface area contributed by atoms with Crippen LogP contribution < -0.4 is 0 Å². The third-order valence-electron chi connectivity index (χ3n) is 16.4. The Hall–Kier alpha value is -11.1. The summed E-state index contributed by atoms with van der Waals surface area (Å²) in [5.41, 5.74) is 16.7. The van der Waals surface area contributed by atoms with E-state index in [-0.39, 0.29) is 0 Å². The Bertz CT molecular complexity index is 5430. The SMILES string of the molecule is c1ccc(-c2nc(-c3cccc(-c4ccc5c6ccccc6n(-c6ccccc6)c5c4)c3)nc(-n3c4ccccc4c4c3ccc3c5ccccc5n(-c5nccc(-c6ccc7sc(-c8ccccc8)c(-c8ccccc8)c7c6)n5)c34)n2)cc1. The monoisotopic (exact) mass is 1090 g/mol. The molecule has 9 heteroatoms. The summed E-state index contributed by atoms with van der Waals surface area (Å²) in [5.74, 6) is 2.24. The van der Waals surface area contributed by atoms with Crippen LogP contribution in [0, 0.1) is 0 Å². The molecule has 17 rings (SSSR count). The molecule has 0 spiro atoms. The van der Waals surface area contributed by atoms with Crippen molar-refractivity contribution in [1.29, 1.82) is 0 Å². The predicted molar refractivity (Wildman–Crippen MR) is 346 cm³/mol. The first kappa shape index (κ1) is 47.7. The minimum Gasteiger partial charge on any atom is -0.309 e. The molecule has 0 aliphatic rings. The second-order valence-corrected chi connectivity index (χ2v) is 22.3. The molecule has 0 aliphatic carbocycles. The second-order valence-electron chi connectivity index (χ2n) is 21.2. The van der Waals surface area contributed by atoms with Gasteiger partial charge in [0.2, 0.25) is 11.9 Å². The molecule has 0 N–H and O–H groups in total. The van der Waals surface area contributed by atoms with Gasteiger partial charge in [0, 0.05) is 81.4 Å². The van der Waals surface area contributed by atoms with E-state index in [2.05, 4.69) is 262 Å². The molecular weight excluding hydrogens is 1040 g/mol. The molecule has 8 nitrogen and oxygen atoms in total. The Labute approximate surface area is 486 Å². The van der Waals surface area contributed by atoms with E-state index >= 15 is 0 Å². The molecule has 17 aromatic rings. The lowest BCUT2D eigenvalue weighted by Gasteiger charge is -2.12. The summed E-state index contributed by atoms with van der Waals surface area (Å²) in [4.78, 5) is 27.9. The van der Waals surface area contributed by atoms with Crippen LogP contribution in [0.4, 0.5) is 0 Å². The molecule has 6 heterocycles. The highest BCUT2D eigenvalue weighted by Crippen LogP contribution is 2.47. The molecule has 6 aromatic heterocycles. The number of thiophene rings is 1. The first-order valence-electron chi connectivity index (χ1n) is 28.1. The maximum atomic E-state index is 5.49. The Kier molecular flexibility index (Phi) is 10.9. The maximum absolute atomic E-state index is 5.49. The molecule has 84 heavy (non-hydrogen) atoms. The zero-order valence-corrected chi connectivity index (χ0v) is 45.9. The average Bonchev–Trinajstić information content (AvgIpc) is 2.23. The lowest BCUT2D eigenvalue weighted by molar-refractivity contribution is 0.953. The summed E-state index contributed by atoms with van der Waals surface area (Å²) in [6, 6.07) is 96.6. The van der Waals surface area contributed by atoms with E-state index < -0.39 is 0 Å². The Morgan fingerprint density at radius 3 is 1.61 bits per heavy atom. The zero-order valence-electron chi connectivity index (χ0n) is 45.0. The molecule has 0 aliphatic heterocycles. The number of rotatable bonds is 9. The van der Waals surface area contributed by atoms with Gasteiger partial charge in [0.1, 0.15) is 0 Å². The van der Waals surface area contributed by atoms with Crippen LogP contribution in [-0.4, -0.2) is 38.6 Å². The van der Waals surface area contributed by atoms with Crippen LogP contribution in [0.3, 0.4) is 0 Å². The topological polar surface area (TPSA) is 79.2 Å². The maximum Gasteiger partial charge on any atom is 0.238 e. The lowest BCUT2D eigenvalue weighted by atomic mass is 9.97. The van der Waals surface area contributed by atoms with Gasteiger partial charge in [-0.1, -0.05) is 206 Å². The van der Waals surface area contributed by atoms with Crippen molar-refractivity contribution in [2.45, 2.75) is 0 Å². The van der Waals surface area contributed by atoms with E-state index in [9.17, 15) is 0 Å². The first-order chi connectivity index (χ1) is 41.7. The number of fused-ring (bicyclic) bond motifs is 11. The number of nitrogens with zero attached hydrogens (tertiary/aromatic N) is 8. The van der Waals surface area contributed by atoms with Crippen LogP contribution in [0.15, 0.2) is 279 Å². The van der Waals surface area contributed by atoms with E-state index in [0.29, 0.717) is 23.5 Å². The van der Waals surface area contributed by atoms with Crippen LogP contribution in [-0.2, 0) is 0 Å². The van der Waals surface area contributed by atoms with E-state index in [0.717, 1.165) is 88.3 Å². The van der Waals surface area contributed by atoms with Gasteiger partial charge >= 0.3 is 0 Å². The molecule has 11 aromatic carbocycles. The minimum atomic E-state index is 0.513. The molecule has 392 valence electrons. The molecule has 0 fully saturated rings. The van der Waals surface area contributed by atoms with Gasteiger partial charge in [-0.25, -0.2) is 15.0 Å². The van der Waals surface area contributed by atoms with Gasteiger partial charge < -0.3 is 4.57 Å². The lowest BCUT2D eigenvalue weighted by Crippen LogP contribution is -2.06. The molecular formula is C75H46N8S. The molecule has 0 amide bonds. The third-order valence-corrected chi connectivity index (χ3v) is 17.6. The summed E-state index contributed by atoms with van der Waals surface area (Å²) >= 11 is 1.83. The van der Waals surface area contributed by atoms with Gasteiger partial charge in [0.15, 0.2) is 11.6 Å². The fourth-order valence-electron chi connectivity index (χ4n) is 12.6. The second kappa shape index (κ2) is 19.3. The van der Waals surface area contributed by atoms with Crippen molar-refractivity contribution < 1.29 is 0 Å². The van der Waals surface area contributed by atoms with Crippen molar-refractivity contribution in [2.24, 2.45) is 0 Å². The van der Waals surface area contributed by atoms with E-state index in [1.807, 2.05) is 41.8 Å². The van der Waals surface area contributed by atoms with E-state index in [4.69, 9.17) is 24.9 Å². The van der Waals surface area contributed by atoms with Crippen molar-refractivity contribution in [2.75, 3.05) is 0 Å². The smallest absolute Gasteiger partial charge is 0.238 e. The number of hydrogen-bond acceptors (Lipinski definition) is 6. The van der Waals surface area contributed by atoms with E-state index in [1.165, 1.54) is 47.9 Å². The average molecular weight is 1090 g/mol. The summed E-state index contributed by atoms with van der Waals surface area (Å²) < 4.78 is 8.03. The van der Waals surface area contributed by atoms with Crippen LogP contribution in [0.5, 0.6) is 0 Å². The molecule has 0 saturated heterocycles. The predicted octanol–water partition coefficient (Wildman–Crippen LogP) is 19.2. The minimum absolute atomic E-state index is 0.513. The fraction of sp³-hybridized carbons (Fsp3) is 0. The zero-order chi connectivity index (χ0) is 55.2. The number of benzene rings is 11. The van der Waals surface area contributed by atoms with Crippen molar-refractivity contribution in [3.63, 3.8) is 0 Å². The van der Waals surface area contributed by atoms with Gasteiger partial charge in [0.25, 0.3) is 0 Å². The highest BCUT2D eigenvalue weighted by Gasteiger charge is 2.25. The number of aromatic nitrogens is 8. The molecule has 0 saturated carbocycles. The molecule has 0 atom stereocenters. The van der Waals surface area contributed by atoms with Gasteiger partial charge in [-0.15, -0.1) is 11.3 Å². The first-order valence-corrected chi connectivity index (χ1v) is 29.0. The summed E-state index contributed by atoms with van der Waals surface area (Å²) in [6.45, 7) is 0. The number of hydrogen-bond donors (Lipinski definition) is 0. The van der Waals surface area contributed by atoms with Gasteiger partial charge in [-0.2, -0.15) is 9.97 Å². The van der Waals surface area contributed by atoms with Crippen molar-refractivity contribution >= 4 is 86.8 Å². The summed E-state index contributed by atoms with van der Waals surface area (Å²) in [5, 5.41) is 7.92. The van der Waals surface area contributed by atoms with Gasteiger partial charge in [-0.3, -0.25) is 9.13 Å².